The monoisotopic (exact) mass is 204 g/mol. The van der Waals surface area contributed by atoms with Crippen LogP contribution >= 0.6 is 0 Å². The van der Waals surface area contributed by atoms with Crippen LogP contribution in [-0.2, 0) is 27.8 Å². The van der Waals surface area contributed by atoms with E-state index in [1.165, 1.54) is 0 Å². The SMILES string of the molecule is Cn1cnc(CCOS(C)(=O)=O)c1. The molecular weight excluding hydrogens is 192 g/mol. The first-order valence-corrected chi connectivity index (χ1v) is 5.60. The van der Waals surface area contributed by atoms with E-state index in [4.69, 9.17) is 0 Å². The van der Waals surface area contributed by atoms with Gasteiger partial charge in [-0.1, -0.05) is 0 Å². The molecule has 1 aromatic rings. The fourth-order valence-corrected chi connectivity index (χ4v) is 1.28. The van der Waals surface area contributed by atoms with Gasteiger partial charge in [-0.3, -0.25) is 4.18 Å². The normalized spacial score (nSPS) is 11.8. The lowest BCUT2D eigenvalue weighted by Gasteiger charge is -1.97. The molecular formula is C7H12N2O3S. The van der Waals surface area contributed by atoms with Crippen LogP contribution in [0.4, 0.5) is 0 Å². The van der Waals surface area contributed by atoms with Crippen LogP contribution in [0.5, 0.6) is 0 Å². The Bertz CT molecular complexity index is 369. The molecule has 0 amide bonds. The average Bonchev–Trinajstić information content (AvgIpc) is 2.33. The number of imidazole rings is 1. The molecule has 6 heteroatoms. The van der Waals surface area contributed by atoms with Gasteiger partial charge >= 0.3 is 0 Å². The van der Waals surface area contributed by atoms with Gasteiger partial charge in [0.25, 0.3) is 10.1 Å². The first-order valence-electron chi connectivity index (χ1n) is 3.78. The predicted octanol–water partition coefficient (Wildman–Crippen LogP) is -0.0612. The minimum Gasteiger partial charge on any atom is -0.340 e. The van der Waals surface area contributed by atoms with Crippen molar-refractivity contribution in [3.8, 4) is 0 Å². The lowest BCUT2D eigenvalue weighted by Crippen LogP contribution is -2.06. The summed E-state index contributed by atoms with van der Waals surface area (Å²) in [4.78, 5) is 4.02. The lowest BCUT2D eigenvalue weighted by molar-refractivity contribution is 0.325. The molecule has 0 aliphatic carbocycles. The second-order valence-corrected chi connectivity index (χ2v) is 4.45. The van der Waals surface area contributed by atoms with Crippen molar-refractivity contribution in [3.63, 3.8) is 0 Å². The first-order chi connectivity index (χ1) is 5.97. The van der Waals surface area contributed by atoms with E-state index in [0.29, 0.717) is 6.42 Å². The van der Waals surface area contributed by atoms with E-state index in [0.717, 1.165) is 11.9 Å². The summed E-state index contributed by atoms with van der Waals surface area (Å²) in [6.45, 7) is 0.149. The Morgan fingerprint density at radius 2 is 2.31 bits per heavy atom. The van der Waals surface area contributed by atoms with Gasteiger partial charge in [0.05, 0.1) is 24.9 Å². The van der Waals surface area contributed by atoms with Crippen molar-refractivity contribution in [1.82, 2.24) is 9.55 Å². The number of aromatic nitrogens is 2. The third kappa shape index (κ3) is 4.05. The number of aryl methyl sites for hydroxylation is 1. The summed E-state index contributed by atoms with van der Waals surface area (Å²) in [6.07, 6.45) is 5.03. The van der Waals surface area contributed by atoms with Crippen molar-refractivity contribution >= 4 is 10.1 Å². The van der Waals surface area contributed by atoms with Gasteiger partial charge < -0.3 is 4.57 Å². The van der Waals surface area contributed by atoms with Gasteiger partial charge in [-0.25, -0.2) is 4.98 Å². The maximum absolute atomic E-state index is 10.6. The van der Waals surface area contributed by atoms with E-state index in [9.17, 15) is 8.42 Å². The highest BCUT2D eigenvalue weighted by Crippen LogP contribution is 1.97. The van der Waals surface area contributed by atoms with Gasteiger partial charge in [0.1, 0.15) is 0 Å². The molecule has 5 nitrogen and oxygen atoms in total. The number of hydrogen-bond acceptors (Lipinski definition) is 4. The minimum atomic E-state index is -3.32. The Kier molecular flexibility index (Phi) is 3.05. The topological polar surface area (TPSA) is 61.2 Å². The summed E-state index contributed by atoms with van der Waals surface area (Å²) in [7, 11) is -1.47. The standard InChI is InChI=1S/C7H12N2O3S/c1-9-5-7(8-6-9)3-4-12-13(2,10)11/h5-6H,3-4H2,1-2H3. The lowest BCUT2D eigenvalue weighted by atomic mass is 10.4. The highest BCUT2D eigenvalue weighted by Gasteiger charge is 2.02. The molecule has 0 aromatic carbocycles. The van der Waals surface area contributed by atoms with E-state index >= 15 is 0 Å². The second-order valence-electron chi connectivity index (χ2n) is 2.81. The average molecular weight is 204 g/mol. The Morgan fingerprint density at radius 1 is 1.62 bits per heavy atom. The third-order valence-electron chi connectivity index (χ3n) is 1.41. The fourth-order valence-electron chi connectivity index (χ4n) is 0.894. The Labute approximate surface area is 77.5 Å². The molecule has 13 heavy (non-hydrogen) atoms. The highest BCUT2D eigenvalue weighted by atomic mass is 32.2. The maximum Gasteiger partial charge on any atom is 0.264 e. The molecule has 0 aliphatic rings. The summed E-state index contributed by atoms with van der Waals surface area (Å²) in [5.74, 6) is 0. The molecule has 0 bridgehead atoms. The molecule has 74 valence electrons. The van der Waals surface area contributed by atoms with Crippen LogP contribution in [0.3, 0.4) is 0 Å². The van der Waals surface area contributed by atoms with Crippen LogP contribution < -0.4 is 0 Å². The summed E-state index contributed by atoms with van der Waals surface area (Å²) in [5.41, 5.74) is 0.825. The molecule has 1 aromatic heterocycles. The van der Waals surface area contributed by atoms with E-state index in [2.05, 4.69) is 9.17 Å². The summed E-state index contributed by atoms with van der Waals surface area (Å²) in [6, 6.07) is 0. The van der Waals surface area contributed by atoms with Gasteiger partial charge in [-0.15, -0.1) is 0 Å². The van der Waals surface area contributed by atoms with E-state index in [-0.39, 0.29) is 6.61 Å². The van der Waals surface area contributed by atoms with E-state index in [1.54, 1.807) is 10.9 Å². The molecule has 0 saturated carbocycles. The minimum absolute atomic E-state index is 0.149. The van der Waals surface area contributed by atoms with Crippen LogP contribution in [0.25, 0.3) is 0 Å². The second kappa shape index (κ2) is 3.89. The molecule has 0 N–H and O–H groups in total. The molecule has 0 radical (unpaired) electrons. The quantitative estimate of drug-likeness (QED) is 0.644. The van der Waals surface area contributed by atoms with Crippen LogP contribution in [-0.4, -0.2) is 30.8 Å². The molecule has 0 spiro atoms. The summed E-state index contributed by atoms with van der Waals surface area (Å²) >= 11 is 0. The molecule has 0 saturated heterocycles. The first kappa shape index (κ1) is 10.2. The summed E-state index contributed by atoms with van der Waals surface area (Å²) < 4.78 is 27.5. The molecule has 0 fully saturated rings. The number of hydrogen-bond donors (Lipinski definition) is 0. The predicted molar refractivity (Wildman–Crippen MR) is 47.7 cm³/mol. The molecule has 1 rings (SSSR count). The zero-order valence-electron chi connectivity index (χ0n) is 7.60. The van der Waals surface area contributed by atoms with Gasteiger partial charge in [-0.05, 0) is 0 Å². The van der Waals surface area contributed by atoms with Gasteiger partial charge in [0.2, 0.25) is 0 Å². The zero-order valence-corrected chi connectivity index (χ0v) is 8.41. The van der Waals surface area contributed by atoms with Crippen molar-refractivity contribution in [2.24, 2.45) is 7.05 Å². The fraction of sp³-hybridized carbons (Fsp3) is 0.571. The van der Waals surface area contributed by atoms with Gasteiger partial charge in [0, 0.05) is 19.7 Å². The van der Waals surface area contributed by atoms with Crippen molar-refractivity contribution < 1.29 is 12.6 Å². The maximum atomic E-state index is 10.6. The molecule has 0 unspecified atom stereocenters. The molecule has 0 atom stereocenters. The molecule has 1 heterocycles. The largest absolute Gasteiger partial charge is 0.340 e. The number of nitrogens with zero attached hydrogens (tertiary/aromatic N) is 2. The van der Waals surface area contributed by atoms with E-state index in [1.807, 2.05) is 13.2 Å². The van der Waals surface area contributed by atoms with Crippen LogP contribution in [0.1, 0.15) is 5.69 Å². The van der Waals surface area contributed by atoms with Crippen molar-refractivity contribution in [1.29, 1.82) is 0 Å². The van der Waals surface area contributed by atoms with Crippen molar-refractivity contribution in [3.05, 3.63) is 18.2 Å². The van der Waals surface area contributed by atoms with Crippen LogP contribution in [0, 0.1) is 0 Å². The number of rotatable bonds is 4. The van der Waals surface area contributed by atoms with Crippen molar-refractivity contribution in [2.75, 3.05) is 12.9 Å². The van der Waals surface area contributed by atoms with Crippen molar-refractivity contribution in [2.45, 2.75) is 6.42 Å². The zero-order chi connectivity index (χ0) is 9.90. The Balaban J connectivity index is 2.36. The molecule has 0 aliphatic heterocycles. The van der Waals surface area contributed by atoms with Crippen LogP contribution in [0.15, 0.2) is 12.5 Å². The van der Waals surface area contributed by atoms with Gasteiger partial charge in [0.15, 0.2) is 0 Å². The van der Waals surface area contributed by atoms with Gasteiger partial charge in [-0.2, -0.15) is 8.42 Å². The van der Waals surface area contributed by atoms with Crippen LogP contribution in [0.2, 0.25) is 0 Å². The van der Waals surface area contributed by atoms with E-state index < -0.39 is 10.1 Å². The Morgan fingerprint density at radius 3 is 2.77 bits per heavy atom. The highest BCUT2D eigenvalue weighted by molar-refractivity contribution is 7.85. The summed E-state index contributed by atoms with van der Waals surface area (Å²) in [5, 5.41) is 0. The Hall–Kier alpha value is -0.880. The third-order valence-corrected chi connectivity index (χ3v) is 2.01. The smallest absolute Gasteiger partial charge is 0.264 e.